The third-order valence-electron chi connectivity index (χ3n) is 2.77. The summed E-state index contributed by atoms with van der Waals surface area (Å²) < 4.78 is 10.6. The number of methoxy groups -OCH3 is 1. The van der Waals surface area contributed by atoms with Gasteiger partial charge in [-0.15, -0.1) is 10.2 Å². The first kappa shape index (κ1) is 17.7. The van der Waals surface area contributed by atoms with Gasteiger partial charge in [0.1, 0.15) is 5.76 Å². The third-order valence-corrected chi connectivity index (χ3v) is 5.10. The Balaban J connectivity index is 1.89. The van der Waals surface area contributed by atoms with Gasteiger partial charge in [0.05, 0.1) is 11.9 Å². The van der Waals surface area contributed by atoms with E-state index in [4.69, 9.17) is 9.26 Å². The van der Waals surface area contributed by atoms with Gasteiger partial charge in [0.15, 0.2) is 10.2 Å². The molecule has 2 rings (SSSR count). The number of aryl methyl sites for hydroxylation is 1. The van der Waals surface area contributed by atoms with E-state index in [-0.39, 0.29) is 11.2 Å². The van der Waals surface area contributed by atoms with Crippen LogP contribution in [0.2, 0.25) is 0 Å². The summed E-state index contributed by atoms with van der Waals surface area (Å²) in [7, 11) is 1.64. The van der Waals surface area contributed by atoms with Gasteiger partial charge < -0.3 is 19.9 Å². The molecule has 0 aliphatic rings. The van der Waals surface area contributed by atoms with Crippen molar-refractivity contribution in [1.29, 1.82) is 0 Å². The lowest BCUT2D eigenvalue weighted by Crippen LogP contribution is -2.24. The minimum Gasteiger partial charge on any atom is -0.383 e. The van der Waals surface area contributed by atoms with E-state index >= 15 is 0 Å². The van der Waals surface area contributed by atoms with Crippen LogP contribution < -0.4 is 10.6 Å². The highest BCUT2D eigenvalue weighted by Gasteiger charge is 2.21. The number of anilines is 2. The van der Waals surface area contributed by atoms with E-state index in [0.29, 0.717) is 36.3 Å². The molecule has 0 aliphatic carbocycles. The smallest absolute Gasteiger partial charge is 0.239 e. The zero-order valence-corrected chi connectivity index (χ0v) is 14.8. The lowest BCUT2D eigenvalue weighted by Gasteiger charge is -2.10. The van der Waals surface area contributed by atoms with E-state index in [0.717, 1.165) is 4.34 Å². The molecular formula is C13H19N5O3S2. The highest BCUT2D eigenvalue weighted by Crippen LogP contribution is 2.30. The van der Waals surface area contributed by atoms with Crippen LogP contribution in [0.5, 0.6) is 0 Å². The SMILES string of the molecule is CCC(Sc1nnc(NCCOC)s1)C(=O)Nc1cc(C)on1. The highest BCUT2D eigenvalue weighted by molar-refractivity contribution is 8.02. The lowest BCUT2D eigenvalue weighted by atomic mass is 10.3. The average molecular weight is 357 g/mol. The molecule has 2 heterocycles. The Kier molecular flexibility index (Phi) is 6.81. The molecule has 0 bridgehead atoms. The van der Waals surface area contributed by atoms with Crippen molar-refractivity contribution in [3.63, 3.8) is 0 Å². The summed E-state index contributed by atoms with van der Waals surface area (Å²) >= 11 is 2.80. The molecule has 0 aliphatic heterocycles. The molecule has 1 amide bonds. The van der Waals surface area contributed by atoms with Crippen LogP contribution in [0.15, 0.2) is 14.9 Å². The van der Waals surface area contributed by atoms with Gasteiger partial charge >= 0.3 is 0 Å². The van der Waals surface area contributed by atoms with Crippen LogP contribution in [0, 0.1) is 6.92 Å². The summed E-state index contributed by atoms with van der Waals surface area (Å²) in [6.45, 7) is 4.98. The van der Waals surface area contributed by atoms with Crippen LogP contribution in [-0.2, 0) is 9.53 Å². The zero-order chi connectivity index (χ0) is 16.7. The summed E-state index contributed by atoms with van der Waals surface area (Å²) in [6, 6.07) is 1.68. The van der Waals surface area contributed by atoms with Crippen molar-refractivity contribution in [2.75, 3.05) is 30.9 Å². The number of rotatable bonds is 9. The van der Waals surface area contributed by atoms with Gasteiger partial charge in [-0.3, -0.25) is 4.79 Å². The number of thioether (sulfide) groups is 1. The molecule has 0 saturated heterocycles. The van der Waals surface area contributed by atoms with Gasteiger partial charge in [-0.05, 0) is 13.3 Å². The van der Waals surface area contributed by atoms with E-state index in [1.165, 1.54) is 23.1 Å². The Hall–Kier alpha value is -1.65. The molecule has 0 radical (unpaired) electrons. The van der Waals surface area contributed by atoms with Gasteiger partial charge in [-0.1, -0.05) is 35.2 Å². The van der Waals surface area contributed by atoms with Gasteiger partial charge in [0, 0.05) is 19.7 Å². The Morgan fingerprint density at radius 1 is 1.52 bits per heavy atom. The molecule has 2 N–H and O–H groups in total. The van der Waals surface area contributed by atoms with Crippen molar-refractivity contribution in [3.05, 3.63) is 11.8 Å². The molecule has 1 atom stereocenters. The maximum atomic E-state index is 12.3. The molecular weight excluding hydrogens is 338 g/mol. The van der Waals surface area contributed by atoms with Crippen molar-refractivity contribution >= 4 is 40.0 Å². The van der Waals surface area contributed by atoms with Gasteiger partial charge in [-0.25, -0.2) is 0 Å². The summed E-state index contributed by atoms with van der Waals surface area (Å²) in [5.74, 6) is 0.942. The first-order chi connectivity index (χ1) is 11.1. The Labute approximate surface area is 142 Å². The number of amides is 1. The molecule has 2 aromatic rings. The third kappa shape index (κ3) is 5.48. The molecule has 1 unspecified atom stereocenters. The maximum absolute atomic E-state index is 12.3. The van der Waals surface area contributed by atoms with Crippen molar-refractivity contribution in [3.8, 4) is 0 Å². The van der Waals surface area contributed by atoms with Crippen LogP contribution in [0.3, 0.4) is 0 Å². The fourth-order valence-electron chi connectivity index (χ4n) is 1.66. The van der Waals surface area contributed by atoms with E-state index in [1.807, 2.05) is 6.92 Å². The number of hydrogen-bond acceptors (Lipinski definition) is 9. The fourth-order valence-corrected chi connectivity index (χ4v) is 3.61. The normalized spacial score (nSPS) is 12.1. The van der Waals surface area contributed by atoms with Gasteiger partial charge in [-0.2, -0.15) is 0 Å². The van der Waals surface area contributed by atoms with Crippen LogP contribution in [0.1, 0.15) is 19.1 Å². The quantitative estimate of drug-likeness (QED) is 0.521. The molecule has 0 fully saturated rings. The second-order valence-electron chi connectivity index (χ2n) is 4.62. The number of hydrogen-bond donors (Lipinski definition) is 2. The summed E-state index contributed by atoms with van der Waals surface area (Å²) in [5, 5.41) is 18.2. The number of carbonyl (C=O) groups is 1. The summed E-state index contributed by atoms with van der Waals surface area (Å²) in [6.07, 6.45) is 0.666. The van der Waals surface area contributed by atoms with Crippen LogP contribution in [0.4, 0.5) is 10.9 Å². The minimum atomic E-state index is -0.271. The molecule has 10 heteroatoms. The first-order valence-electron chi connectivity index (χ1n) is 7.09. The van der Waals surface area contributed by atoms with Crippen molar-refractivity contribution in [1.82, 2.24) is 15.4 Å². The van der Waals surface area contributed by atoms with Gasteiger partial charge in [0.25, 0.3) is 0 Å². The molecule has 0 spiro atoms. The predicted octanol–water partition coefficient (Wildman–Crippen LogP) is 2.40. The Morgan fingerprint density at radius 2 is 2.35 bits per heavy atom. The molecule has 2 aromatic heterocycles. The fraction of sp³-hybridized carbons (Fsp3) is 0.538. The summed E-state index contributed by atoms with van der Waals surface area (Å²) in [5.41, 5.74) is 0. The molecule has 126 valence electrons. The van der Waals surface area contributed by atoms with E-state index in [2.05, 4.69) is 26.0 Å². The molecule has 0 saturated carbocycles. The second-order valence-corrected chi connectivity index (χ2v) is 7.05. The monoisotopic (exact) mass is 357 g/mol. The number of aromatic nitrogens is 3. The van der Waals surface area contributed by atoms with Crippen LogP contribution >= 0.6 is 23.1 Å². The second kappa shape index (κ2) is 8.85. The topological polar surface area (TPSA) is 102 Å². The van der Waals surface area contributed by atoms with Gasteiger partial charge in [0.2, 0.25) is 11.0 Å². The minimum absolute atomic E-state index is 0.130. The largest absolute Gasteiger partial charge is 0.383 e. The van der Waals surface area contributed by atoms with E-state index in [9.17, 15) is 4.79 Å². The van der Waals surface area contributed by atoms with Crippen molar-refractivity contribution in [2.45, 2.75) is 29.9 Å². The van der Waals surface area contributed by atoms with Crippen molar-refractivity contribution in [2.24, 2.45) is 0 Å². The van der Waals surface area contributed by atoms with Crippen LogP contribution in [-0.4, -0.2) is 46.8 Å². The predicted molar refractivity (Wildman–Crippen MR) is 90.1 cm³/mol. The summed E-state index contributed by atoms with van der Waals surface area (Å²) in [4.78, 5) is 12.3. The van der Waals surface area contributed by atoms with E-state index < -0.39 is 0 Å². The Morgan fingerprint density at radius 3 is 3.00 bits per heavy atom. The standard InChI is InChI=1S/C13H19N5O3S2/c1-4-9(11(19)15-10-7-8(2)21-18-10)22-13-17-16-12(23-13)14-5-6-20-3/h7,9H,4-6H2,1-3H3,(H,14,16)(H,15,18,19). The number of ether oxygens (including phenoxy) is 1. The average Bonchev–Trinajstić information content (AvgIpc) is 3.14. The molecule has 23 heavy (non-hydrogen) atoms. The zero-order valence-electron chi connectivity index (χ0n) is 13.2. The highest BCUT2D eigenvalue weighted by atomic mass is 32.2. The maximum Gasteiger partial charge on any atom is 0.239 e. The molecule has 8 nitrogen and oxygen atoms in total. The van der Waals surface area contributed by atoms with Crippen molar-refractivity contribution < 1.29 is 14.1 Å². The van der Waals surface area contributed by atoms with Crippen LogP contribution in [0.25, 0.3) is 0 Å². The number of nitrogens with zero attached hydrogens (tertiary/aromatic N) is 3. The first-order valence-corrected chi connectivity index (χ1v) is 8.79. The lowest BCUT2D eigenvalue weighted by molar-refractivity contribution is -0.115. The molecule has 0 aromatic carbocycles. The Bertz CT molecular complexity index is 631. The van der Waals surface area contributed by atoms with E-state index in [1.54, 1.807) is 20.1 Å². The number of nitrogens with one attached hydrogen (secondary N) is 2. The number of carbonyl (C=O) groups excluding carboxylic acids is 1.